The molecule has 5 nitrogen and oxygen atoms in total. The Labute approximate surface area is 127 Å². The molecule has 1 unspecified atom stereocenters. The molecule has 0 amide bonds. The van der Waals surface area contributed by atoms with Crippen molar-refractivity contribution in [3.8, 4) is 11.5 Å². The summed E-state index contributed by atoms with van der Waals surface area (Å²) in [7, 11) is 2.86. The minimum absolute atomic E-state index is 0.0525. The summed E-state index contributed by atoms with van der Waals surface area (Å²) in [5.74, 6) is 0.343. The van der Waals surface area contributed by atoms with Crippen LogP contribution in [0.2, 0.25) is 5.22 Å². The molecule has 0 bridgehead atoms. The molecule has 0 saturated heterocycles. The molecule has 0 aliphatic carbocycles. The van der Waals surface area contributed by atoms with E-state index in [4.69, 9.17) is 30.2 Å². The Bertz CT molecular complexity index is 608. The molecule has 0 radical (unpaired) electrons. The van der Waals surface area contributed by atoms with Crippen LogP contribution in [0.25, 0.3) is 0 Å². The molecule has 2 aromatic rings. The summed E-state index contributed by atoms with van der Waals surface area (Å²) in [5.41, 5.74) is 0. The molecule has 1 heterocycles. The molecule has 0 aliphatic rings. The fraction of sp³-hybridized carbons (Fsp3) is 0.267. The van der Waals surface area contributed by atoms with Crippen LogP contribution in [-0.2, 0) is 9.53 Å². The maximum Gasteiger partial charge on any atom is 0.319 e. The van der Waals surface area contributed by atoms with Gasteiger partial charge in [-0.25, -0.2) is 0 Å². The van der Waals surface area contributed by atoms with Crippen molar-refractivity contribution in [3.05, 3.63) is 47.4 Å². The number of carbonyl (C=O) groups excluding carboxylic acids is 1. The van der Waals surface area contributed by atoms with Crippen molar-refractivity contribution >= 4 is 17.6 Å². The van der Waals surface area contributed by atoms with Gasteiger partial charge in [-0.2, -0.15) is 0 Å². The number of halogens is 1. The Morgan fingerprint density at radius 1 is 1.19 bits per heavy atom. The van der Waals surface area contributed by atoms with Crippen LogP contribution in [0.3, 0.4) is 0 Å². The smallest absolute Gasteiger partial charge is 0.319 e. The summed E-state index contributed by atoms with van der Waals surface area (Å²) in [5, 5.41) is 0.205. The SMILES string of the molecule is COC(=O)C(COc1ccccc1OC)c1ccc(Cl)o1. The fourth-order valence-electron chi connectivity index (χ4n) is 1.84. The monoisotopic (exact) mass is 310 g/mol. The van der Waals surface area contributed by atoms with Crippen LogP contribution in [-0.4, -0.2) is 26.8 Å². The third kappa shape index (κ3) is 3.70. The second kappa shape index (κ2) is 7.04. The van der Waals surface area contributed by atoms with Crippen LogP contribution in [0.4, 0.5) is 0 Å². The van der Waals surface area contributed by atoms with Gasteiger partial charge in [-0.05, 0) is 35.9 Å². The summed E-state index contributed by atoms with van der Waals surface area (Å²) >= 11 is 5.74. The first-order chi connectivity index (χ1) is 10.2. The van der Waals surface area contributed by atoms with Crippen LogP contribution < -0.4 is 9.47 Å². The van der Waals surface area contributed by atoms with E-state index in [1.807, 2.05) is 12.1 Å². The maximum absolute atomic E-state index is 11.9. The minimum atomic E-state index is -0.701. The van der Waals surface area contributed by atoms with E-state index in [1.165, 1.54) is 7.11 Å². The Hall–Kier alpha value is -2.14. The van der Waals surface area contributed by atoms with E-state index in [2.05, 4.69) is 0 Å². The zero-order valence-corrected chi connectivity index (χ0v) is 12.4. The average molecular weight is 311 g/mol. The number of benzene rings is 1. The Morgan fingerprint density at radius 3 is 2.48 bits per heavy atom. The molecular formula is C15H15ClO5. The largest absolute Gasteiger partial charge is 0.493 e. The number of hydrogen-bond donors (Lipinski definition) is 0. The van der Waals surface area contributed by atoms with Gasteiger partial charge in [0.05, 0.1) is 14.2 Å². The minimum Gasteiger partial charge on any atom is -0.493 e. The fourth-order valence-corrected chi connectivity index (χ4v) is 1.99. The lowest BCUT2D eigenvalue weighted by atomic mass is 10.1. The van der Waals surface area contributed by atoms with Crippen LogP contribution in [0.15, 0.2) is 40.8 Å². The second-order valence-corrected chi connectivity index (χ2v) is 4.55. The summed E-state index contributed by atoms with van der Waals surface area (Å²) in [6.45, 7) is 0.0525. The number of rotatable bonds is 6. The van der Waals surface area contributed by atoms with Crippen molar-refractivity contribution in [2.24, 2.45) is 0 Å². The van der Waals surface area contributed by atoms with Gasteiger partial charge in [0.15, 0.2) is 16.7 Å². The van der Waals surface area contributed by atoms with Gasteiger partial charge in [0.1, 0.15) is 18.3 Å². The van der Waals surface area contributed by atoms with Crippen molar-refractivity contribution in [2.75, 3.05) is 20.8 Å². The van der Waals surface area contributed by atoms with Gasteiger partial charge in [-0.15, -0.1) is 0 Å². The van der Waals surface area contributed by atoms with Crippen LogP contribution in [0.5, 0.6) is 11.5 Å². The van der Waals surface area contributed by atoms with Gasteiger partial charge in [0.25, 0.3) is 0 Å². The van der Waals surface area contributed by atoms with Gasteiger partial charge in [0, 0.05) is 0 Å². The van der Waals surface area contributed by atoms with Gasteiger partial charge >= 0.3 is 5.97 Å². The molecule has 0 N–H and O–H groups in total. The second-order valence-electron chi connectivity index (χ2n) is 4.18. The molecule has 0 fully saturated rings. The predicted octanol–water partition coefficient (Wildman–Crippen LogP) is 3.28. The molecule has 21 heavy (non-hydrogen) atoms. The lowest BCUT2D eigenvalue weighted by Crippen LogP contribution is -2.21. The number of ether oxygens (including phenoxy) is 3. The number of furan rings is 1. The molecule has 0 spiro atoms. The third-order valence-electron chi connectivity index (χ3n) is 2.90. The van der Waals surface area contributed by atoms with E-state index in [1.54, 1.807) is 31.4 Å². The average Bonchev–Trinajstić information content (AvgIpc) is 2.93. The molecular weight excluding hydrogens is 296 g/mol. The number of methoxy groups -OCH3 is 2. The van der Waals surface area contributed by atoms with Crippen molar-refractivity contribution in [1.82, 2.24) is 0 Å². The van der Waals surface area contributed by atoms with Gasteiger partial charge in [-0.1, -0.05) is 12.1 Å². The molecule has 1 aromatic carbocycles. The van der Waals surface area contributed by atoms with Gasteiger partial charge in [0.2, 0.25) is 0 Å². The maximum atomic E-state index is 11.9. The number of carbonyl (C=O) groups is 1. The van der Waals surface area contributed by atoms with E-state index < -0.39 is 11.9 Å². The molecule has 0 aliphatic heterocycles. The highest BCUT2D eigenvalue weighted by Crippen LogP contribution is 2.29. The highest BCUT2D eigenvalue weighted by atomic mass is 35.5. The van der Waals surface area contributed by atoms with E-state index in [0.717, 1.165) is 0 Å². The van der Waals surface area contributed by atoms with Gasteiger partial charge < -0.3 is 18.6 Å². The standard InChI is InChI=1S/C15H15ClO5/c1-18-12-5-3-4-6-13(12)20-9-10(15(17)19-2)11-7-8-14(16)21-11/h3-8,10H,9H2,1-2H3. The van der Waals surface area contributed by atoms with Crippen molar-refractivity contribution in [1.29, 1.82) is 0 Å². The molecule has 6 heteroatoms. The topological polar surface area (TPSA) is 57.9 Å². The van der Waals surface area contributed by atoms with E-state index in [-0.39, 0.29) is 11.8 Å². The zero-order chi connectivity index (χ0) is 15.2. The zero-order valence-electron chi connectivity index (χ0n) is 11.7. The van der Waals surface area contributed by atoms with Crippen LogP contribution >= 0.6 is 11.6 Å². The molecule has 0 saturated carbocycles. The number of esters is 1. The molecule has 2 rings (SSSR count). The first-order valence-corrected chi connectivity index (χ1v) is 6.62. The van der Waals surface area contributed by atoms with Crippen LogP contribution in [0, 0.1) is 0 Å². The van der Waals surface area contributed by atoms with E-state index in [0.29, 0.717) is 17.3 Å². The summed E-state index contributed by atoms with van der Waals surface area (Å²) < 4.78 is 20.9. The first kappa shape index (κ1) is 15.3. The van der Waals surface area contributed by atoms with Crippen molar-refractivity contribution in [2.45, 2.75) is 5.92 Å². The van der Waals surface area contributed by atoms with Crippen molar-refractivity contribution in [3.63, 3.8) is 0 Å². The normalized spacial score (nSPS) is 11.8. The summed E-state index contributed by atoms with van der Waals surface area (Å²) in [6, 6.07) is 10.4. The highest BCUT2D eigenvalue weighted by molar-refractivity contribution is 6.28. The quantitative estimate of drug-likeness (QED) is 0.766. The lowest BCUT2D eigenvalue weighted by Gasteiger charge is -2.15. The number of para-hydroxylation sites is 2. The highest BCUT2D eigenvalue weighted by Gasteiger charge is 2.26. The molecule has 1 aromatic heterocycles. The first-order valence-electron chi connectivity index (χ1n) is 6.24. The van der Waals surface area contributed by atoms with Gasteiger partial charge in [-0.3, -0.25) is 4.79 Å². The third-order valence-corrected chi connectivity index (χ3v) is 3.10. The Morgan fingerprint density at radius 2 is 1.90 bits per heavy atom. The summed E-state index contributed by atoms with van der Waals surface area (Å²) in [6.07, 6.45) is 0. The lowest BCUT2D eigenvalue weighted by molar-refractivity contribution is -0.143. The van der Waals surface area contributed by atoms with Crippen LogP contribution in [0.1, 0.15) is 11.7 Å². The van der Waals surface area contributed by atoms with Crippen molar-refractivity contribution < 1.29 is 23.4 Å². The Balaban J connectivity index is 2.14. The summed E-state index contributed by atoms with van der Waals surface area (Å²) in [4.78, 5) is 11.9. The molecule has 1 atom stereocenters. The Kier molecular flexibility index (Phi) is 5.11. The predicted molar refractivity (Wildman–Crippen MR) is 77.0 cm³/mol. The van der Waals surface area contributed by atoms with E-state index >= 15 is 0 Å². The number of hydrogen-bond acceptors (Lipinski definition) is 5. The van der Waals surface area contributed by atoms with E-state index in [9.17, 15) is 4.79 Å². The molecule has 112 valence electrons.